The molecule has 0 aliphatic carbocycles. The van der Waals surface area contributed by atoms with Crippen LogP contribution < -0.4 is 11.1 Å². The van der Waals surface area contributed by atoms with Crippen LogP contribution >= 0.6 is 0 Å². The number of benzene rings is 1. The molecule has 0 aliphatic heterocycles. The Kier molecular flexibility index (Phi) is 4.98. The minimum Gasteiger partial charge on any atom is -0.345 e. The number of rotatable bonds is 6. The first-order valence-electron chi connectivity index (χ1n) is 7.53. The molecule has 0 aliphatic rings. The van der Waals surface area contributed by atoms with Gasteiger partial charge in [0.05, 0.1) is 23.8 Å². The number of nitrogens with zero attached hydrogens (tertiary/aromatic N) is 2. The summed E-state index contributed by atoms with van der Waals surface area (Å²) in [7, 11) is 0. The molecule has 2 rings (SSSR count). The van der Waals surface area contributed by atoms with Crippen LogP contribution in [0.2, 0.25) is 0 Å². The average Bonchev–Trinajstić information content (AvgIpc) is 2.96. The normalized spacial score (nSPS) is 13.9. The lowest BCUT2D eigenvalue weighted by atomic mass is 9.88. The smallest absolute Gasteiger partial charge is 0.254 e. The molecule has 0 fully saturated rings. The highest BCUT2D eigenvalue weighted by molar-refractivity contribution is 5.94. The molecule has 0 radical (unpaired) electrons. The second-order valence-electron chi connectivity index (χ2n) is 6.14. The van der Waals surface area contributed by atoms with Gasteiger partial charge in [0.2, 0.25) is 0 Å². The Morgan fingerprint density at radius 3 is 2.64 bits per heavy atom. The largest absolute Gasteiger partial charge is 0.345 e. The van der Waals surface area contributed by atoms with E-state index in [1.807, 2.05) is 51.1 Å². The highest BCUT2D eigenvalue weighted by Gasteiger charge is 2.29. The van der Waals surface area contributed by atoms with Gasteiger partial charge in [-0.3, -0.25) is 9.48 Å². The highest BCUT2D eigenvalue weighted by atomic mass is 16.1. The van der Waals surface area contributed by atoms with Crippen molar-refractivity contribution in [1.82, 2.24) is 15.1 Å². The summed E-state index contributed by atoms with van der Waals surface area (Å²) in [6.07, 6.45) is 3.36. The van der Waals surface area contributed by atoms with E-state index in [2.05, 4.69) is 10.4 Å². The molecule has 1 aromatic heterocycles. The minimum atomic E-state index is -0.418. The van der Waals surface area contributed by atoms with Crippen LogP contribution in [0.3, 0.4) is 0 Å². The van der Waals surface area contributed by atoms with Gasteiger partial charge in [0.15, 0.2) is 0 Å². The molecule has 5 nitrogen and oxygen atoms in total. The summed E-state index contributed by atoms with van der Waals surface area (Å²) in [6.45, 7) is 7.10. The predicted octanol–water partition coefficient (Wildman–Crippen LogP) is 2.03. The maximum Gasteiger partial charge on any atom is 0.254 e. The van der Waals surface area contributed by atoms with Gasteiger partial charge in [-0.15, -0.1) is 0 Å². The number of amides is 1. The summed E-state index contributed by atoms with van der Waals surface area (Å²) in [5, 5.41) is 7.28. The first-order chi connectivity index (χ1) is 10.4. The third kappa shape index (κ3) is 3.74. The third-order valence-electron chi connectivity index (χ3n) is 4.18. The third-order valence-corrected chi connectivity index (χ3v) is 4.18. The summed E-state index contributed by atoms with van der Waals surface area (Å²) in [5.74, 6) is 0.113. The van der Waals surface area contributed by atoms with E-state index in [0.717, 1.165) is 5.56 Å². The summed E-state index contributed by atoms with van der Waals surface area (Å²) in [4.78, 5) is 12.4. The standard InChI is InChI=1S/C17H24N4O/c1-13(2)17(3,12-18)20-16(22)15-9-19-21(11-15)10-14-7-5-4-6-8-14/h4-9,11,13H,10,12,18H2,1-3H3,(H,20,22). The molecule has 1 heterocycles. The van der Waals surface area contributed by atoms with Gasteiger partial charge in [0.25, 0.3) is 5.91 Å². The van der Waals surface area contributed by atoms with Crippen LogP contribution in [0, 0.1) is 5.92 Å². The lowest BCUT2D eigenvalue weighted by molar-refractivity contribution is 0.0883. The van der Waals surface area contributed by atoms with Gasteiger partial charge in [-0.2, -0.15) is 5.10 Å². The fraction of sp³-hybridized carbons (Fsp3) is 0.412. The number of carbonyl (C=O) groups excluding carboxylic acids is 1. The summed E-state index contributed by atoms with van der Waals surface area (Å²) < 4.78 is 1.76. The molecule has 5 heteroatoms. The fourth-order valence-corrected chi connectivity index (χ4v) is 2.10. The number of hydrogen-bond acceptors (Lipinski definition) is 3. The van der Waals surface area contributed by atoms with Crippen LogP contribution in [-0.2, 0) is 6.54 Å². The van der Waals surface area contributed by atoms with Crippen molar-refractivity contribution in [3.05, 3.63) is 53.9 Å². The van der Waals surface area contributed by atoms with E-state index in [9.17, 15) is 4.79 Å². The summed E-state index contributed by atoms with van der Waals surface area (Å²) in [6, 6.07) is 10.0. The SMILES string of the molecule is CC(C)C(C)(CN)NC(=O)c1cnn(Cc2ccccc2)c1. The zero-order valence-corrected chi connectivity index (χ0v) is 13.4. The zero-order valence-electron chi connectivity index (χ0n) is 13.4. The fourth-order valence-electron chi connectivity index (χ4n) is 2.10. The first-order valence-corrected chi connectivity index (χ1v) is 7.53. The molecule has 0 saturated carbocycles. The molecule has 2 aromatic rings. The van der Waals surface area contributed by atoms with Crippen molar-refractivity contribution in [2.24, 2.45) is 11.7 Å². The lowest BCUT2D eigenvalue weighted by Crippen LogP contribution is -2.54. The van der Waals surface area contributed by atoms with Gasteiger partial charge in [0.1, 0.15) is 0 Å². The molecule has 1 aromatic carbocycles. The van der Waals surface area contributed by atoms with Crippen LogP contribution in [-0.4, -0.2) is 27.8 Å². The number of nitrogens with two attached hydrogens (primary N) is 1. The molecule has 22 heavy (non-hydrogen) atoms. The second kappa shape index (κ2) is 6.75. The highest BCUT2D eigenvalue weighted by Crippen LogP contribution is 2.15. The topological polar surface area (TPSA) is 72.9 Å². The van der Waals surface area contributed by atoms with Crippen LogP contribution in [0.25, 0.3) is 0 Å². The quantitative estimate of drug-likeness (QED) is 0.857. The number of aromatic nitrogens is 2. The Labute approximate surface area is 131 Å². The predicted molar refractivity (Wildman–Crippen MR) is 87.5 cm³/mol. The van der Waals surface area contributed by atoms with Crippen molar-refractivity contribution >= 4 is 5.91 Å². The van der Waals surface area contributed by atoms with Gasteiger partial charge in [0, 0.05) is 12.7 Å². The van der Waals surface area contributed by atoms with Crippen molar-refractivity contribution in [3.63, 3.8) is 0 Å². The summed E-state index contributed by atoms with van der Waals surface area (Å²) in [5.41, 5.74) is 7.09. The van der Waals surface area contributed by atoms with Gasteiger partial charge >= 0.3 is 0 Å². The van der Waals surface area contributed by atoms with Gasteiger partial charge in [-0.1, -0.05) is 44.2 Å². The maximum absolute atomic E-state index is 12.4. The van der Waals surface area contributed by atoms with E-state index in [-0.39, 0.29) is 11.8 Å². The van der Waals surface area contributed by atoms with Crippen LogP contribution in [0.1, 0.15) is 36.7 Å². The Balaban J connectivity index is 2.06. The summed E-state index contributed by atoms with van der Waals surface area (Å²) >= 11 is 0. The molecule has 118 valence electrons. The van der Waals surface area contributed by atoms with Crippen molar-refractivity contribution in [2.45, 2.75) is 32.9 Å². The molecule has 0 spiro atoms. The van der Waals surface area contributed by atoms with E-state index < -0.39 is 5.54 Å². The van der Waals surface area contributed by atoms with E-state index in [4.69, 9.17) is 5.73 Å². The maximum atomic E-state index is 12.4. The van der Waals surface area contributed by atoms with Gasteiger partial charge in [-0.05, 0) is 18.4 Å². The molecular weight excluding hydrogens is 276 g/mol. The Bertz CT molecular complexity index is 621. The molecule has 1 amide bonds. The van der Waals surface area contributed by atoms with Crippen LogP contribution in [0.4, 0.5) is 0 Å². The number of nitrogens with one attached hydrogen (secondary N) is 1. The Hall–Kier alpha value is -2.14. The zero-order chi connectivity index (χ0) is 16.2. The van der Waals surface area contributed by atoms with Crippen molar-refractivity contribution in [1.29, 1.82) is 0 Å². The van der Waals surface area contributed by atoms with Gasteiger partial charge < -0.3 is 11.1 Å². The lowest BCUT2D eigenvalue weighted by Gasteiger charge is -2.33. The second-order valence-corrected chi connectivity index (χ2v) is 6.14. The molecule has 1 atom stereocenters. The Morgan fingerprint density at radius 2 is 2.05 bits per heavy atom. The first kappa shape index (κ1) is 16.2. The molecule has 3 N–H and O–H groups in total. The molecule has 1 unspecified atom stereocenters. The van der Waals surface area contributed by atoms with E-state index in [1.165, 1.54) is 0 Å². The van der Waals surface area contributed by atoms with Crippen molar-refractivity contribution < 1.29 is 4.79 Å². The average molecular weight is 300 g/mol. The van der Waals surface area contributed by atoms with Gasteiger partial charge in [-0.25, -0.2) is 0 Å². The van der Waals surface area contributed by atoms with E-state index in [0.29, 0.717) is 18.7 Å². The molecule has 0 bridgehead atoms. The van der Waals surface area contributed by atoms with Crippen LogP contribution in [0.5, 0.6) is 0 Å². The Morgan fingerprint density at radius 1 is 1.36 bits per heavy atom. The monoisotopic (exact) mass is 300 g/mol. The van der Waals surface area contributed by atoms with E-state index in [1.54, 1.807) is 17.1 Å². The van der Waals surface area contributed by atoms with Crippen LogP contribution in [0.15, 0.2) is 42.7 Å². The minimum absolute atomic E-state index is 0.138. The van der Waals surface area contributed by atoms with Crippen molar-refractivity contribution in [2.75, 3.05) is 6.54 Å². The van der Waals surface area contributed by atoms with E-state index >= 15 is 0 Å². The molecule has 0 saturated heterocycles. The molecular formula is C17H24N4O. The number of carbonyl (C=O) groups is 1. The van der Waals surface area contributed by atoms with Crippen molar-refractivity contribution in [3.8, 4) is 0 Å². The number of hydrogen-bond donors (Lipinski definition) is 2.